The highest BCUT2D eigenvalue weighted by atomic mass is 16.7. The van der Waals surface area contributed by atoms with Gasteiger partial charge in [0.2, 0.25) is 5.79 Å². The van der Waals surface area contributed by atoms with E-state index in [0.29, 0.717) is 0 Å². The third-order valence-corrected chi connectivity index (χ3v) is 1.80. The van der Waals surface area contributed by atoms with Crippen molar-refractivity contribution in [1.29, 1.82) is 0 Å². The minimum absolute atomic E-state index is 0.00332. The van der Waals surface area contributed by atoms with Crippen LogP contribution in [0.15, 0.2) is 0 Å². The lowest BCUT2D eigenvalue weighted by Gasteiger charge is -2.29. The first-order chi connectivity index (χ1) is 6.14. The maximum Gasteiger partial charge on any atom is 0.215 e. The molecule has 0 amide bonds. The molecule has 0 aliphatic heterocycles. The summed E-state index contributed by atoms with van der Waals surface area (Å²) in [4.78, 5) is 0. The maximum absolute atomic E-state index is 8.89. The third-order valence-electron chi connectivity index (χ3n) is 1.80. The quantitative estimate of drug-likeness (QED) is 0.451. The SMILES string of the molecule is COC(CO)(CO)OC[C@@H](C)CO. The number of hydrogen-bond donors (Lipinski definition) is 3. The number of rotatable bonds is 7. The van der Waals surface area contributed by atoms with Crippen molar-refractivity contribution in [1.82, 2.24) is 0 Å². The van der Waals surface area contributed by atoms with Gasteiger partial charge in [-0.1, -0.05) is 6.92 Å². The molecule has 13 heavy (non-hydrogen) atoms. The van der Waals surface area contributed by atoms with Crippen LogP contribution in [-0.4, -0.2) is 54.6 Å². The highest BCUT2D eigenvalue weighted by Crippen LogP contribution is 2.12. The van der Waals surface area contributed by atoms with Gasteiger partial charge in [-0.15, -0.1) is 0 Å². The fourth-order valence-electron chi connectivity index (χ4n) is 0.676. The van der Waals surface area contributed by atoms with E-state index in [4.69, 9.17) is 24.8 Å². The monoisotopic (exact) mass is 194 g/mol. The van der Waals surface area contributed by atoms with Gasteiger partial charge >= 0.3 is 0 Å². The molecule has 0 fully saturated rings. The molecule has 0 aliphatic carbocycles. The molecular weight excluding hydrogens is 176 g/mol. The number of ether oxygens (including phenoxy) is 2. The molecule has 0 aromatic rings. The molecule has 0 rings (SSSR count). The molecule has 0 unspecified atom stereocenters. The Hall–Kier alpha value is -0.200. The van der Waals surface area contributed by atoms with E-state index in [-0.39, 0.29) is 19.1 Å². The summed E-state index contributed by atoms with van der Waals surface area (Å²) in [5.74, 6) is -1.39. The molecule has 0 radical (unpaired) electrons. The zero-order valence-electron chi connectivity index (χ0n) is 8.06. The van der Waals surface area contributed by atoms with Gasteiger partial charge < -0.3 is 24.8 Å². The van der Waals surface area contributed by atoms with E-state index in [1.54, 1.807) is 6.92 Å². The molecular formula is C8H18O5. The second-order valence-corrected chi connectivity index (χ2v) is 3.03. The molecule has 0 aliphatic rings. The van der Waals surface area contributed by atoms with Gasteiger partial charge in [0.1, 0.15) is 0 Å². The molecule has 5 nitrogen and oxygen atoms in total. The largest absolute Gasteiger partial charge is 0.396 e. The lowest BCUT2D eigenvalue weighted by molar-refractivity contribution is -0.263. The Bertz CT molecular complexity index is 115. The van der Waals surface area contributed by atoms with Crippen molar-refractivity contribution in [2.45, 2.75) is 12.7 Å². The standard InChI is InChI=1S/C8H18O5/c1-7(3-9)4-13-8(5-10,6-11)12-2/h7,9-11H,3-6H2,1-2H3/t7-/m0/s1. The van der Waals surface area contributed by atoms with E-state index < -0.39 is 19.0 Å². The Labute approximate surface area is 77.9 Å². The van der Waals surface area contributed by atoms with Crippen molar-refractivity contribution in [3.8, 4) is 0 Å². The van der Waals surface area contributed by atoms with E-state index in [1.807, 2.05) is 0 Å². The van der Waals surface area contributed by atoms with Gasteiger partial charge in [-0.05, 0) is 0 Å². The molecule has 0 aromatic heterocycles. The van der Waals surface area contributed by atoms with Gasteiger partial charge in [0, 0.05) is 19.6 Å². The Balaban J connectivity index is 3.95. The van der Waals surface area contributed by atoms with Crippen LogP contribution in [0, 0.1) is 5.92 Å². The summed E-state index contributed by atoms with van der Waals surface area (Å²) in [5.41, 5.74) is 0. The fraction of sp³-hybridized carbons (Fsp3) is 1.00. The van der Waals surface area contributed by atoms with E-state index in [0.717, 1.165) is 0 Å². The zero-order chi connectivity index (χ0) is 10.3. The summed E-state index contributed by atoms with van der Waals surface area (Å²) in [7, 11) is 1.34. The van der Waals surface area contributed by atoms with Crippen LogP contribution in [-0.2, 0) is 9.47 Å². The van der Waals surface area contributed by atoms with Gasteiger partial charge in [-0.3, -0.25) is 0 Å². The summed E-state index contributed by atoms with van der Waals surface area (Å²) < 4.78 is 9.97. The lowest BCUT2D eigenvalue weighted by atomic mass is 10.2. The third kappa shape index (κ3) is 4.02. The molecule has 0 heterocycles. The van der Waals surface area contributed by atoms with Crippen LogP contribution in [0.4, 0.5) is 0 Å². The summed E-state index contributed by atoms with van der Waals surface area (Å²) in [6, 6.07) is 0. The summed E-state index contributed by atoms with van der Waals surface area (Å²) in [6.45, 7) is 1.17. The smallest absolute Gasteiger partial charge is 0.215 e. The minimum atomic E-state index is -1.34. The van der Waals surface area contributed by atoms with Gasteiger partial charge in [-0.2, -0.15) is 0 Å². The average molecular weight is 194 g/mol. The van der Waals surface area contributed by atoms with E-state index in [1.165, 1.54) is 7.11 Å². The number of methoxy groups -OCH3 is 1. The normalized spacial score (nSPS) is 14.5. The van der Waals surface area contributed by atoms with Crippen LogP contribution in [0.25, 0.3) is 0 Å². The highest BCUT2D eigenvalue weighted by molar-refractivity contribution is 4.66. The Kier molecular flexibility index (Phi) is 6.19. The van der Waals surface area contributed by atoms with Crippen LogP contribution in [0.3, 0.4) is 0 Å². The first kappa shape index (κ1) is 12.8. The van der Waals surface area contributed by atoms with Crippen molar-refractivity contribution in [2.75, 3.05) is 33.5 Å². The van der Waals surface area contributed by atoms with Crippen LogP contribution >= 0.6 is 0 Å². The average Bonchev–Trinajstić information content (AvgIpc) is 2.20. The summed E-state index contributed by atoms with van der Waals surface area (Å²) in [5, 5.41) is 26.5. The molecule has 5 heteroatoms. The Morgan fingerprint density at radius 3 is 2.08 bits per heavy atom. The molecule has 0 saturated carbocycles. The zero-order valence-corrected chi connectivity index (χ0v) is 8.06. The number of aliphatic hydroxyl groups excluding tert-OH is 3. The predicted molar refractivity (Wildman–Crippen MR) is 46.1 cm³/mol. The fourth-order valence-corrected chi connectivity index (χ4v) is 0.676. The van der Waals surface area contributed by atoms with Crippen LogP contribution < -0.4 is 0 Å². The molecule has 80 valence electrons. The molecule has 3 N–H and O–H groups in total. The van der Waals surface area contributed by atoms with Crippen molar-refractivity contribution in [3.63, 3.8) is 0 Å². The highest BCUT2D eigenvalue weighted by Gasteiger charge is 2.29. The van der Waals surface area contributed by atoms with Crippen molar-refractivity contribution in [2.24, 2.45) is 5.92 Å². The number of hydrogen-bond acceptors (Lipinski definition) is 5. The summed E-state index contributed by atoms with van der Waals surface area (Å²) >= 11 is 0. The second kappa shape index (κ2) is 6.28. The number of aliphatic hydroxyl groups is 3. The minimum Gasteiger partial charge on any atom is -0.396 e. The predicted octanol–water partition coefficient (Wildman–Crippen LogP) is -1.04. The van der Waals surface area contributed by atoms with Crippen LogP contribution in [0.5, 0.6) is 0 Å². The van der Waals surface area contributed by atoms with Gasteiger partial charge in [0.05, 0.1) is 19.8 Å². The first-order valence-corrected chi connectivity index (χ1v) is 4.15. The van der Waals surface area contributed by atoms with Gasteiger partial charge in [0.25, 0.3) is 0 Å². The maximum atomic E-state index is 8.89. The van der Waals surface area contributed by atoms with Gasteiger partial charge in [-0.25, -0.2) is 0 Å². The van der Waals surface area contributed by atoms with Gasteiger partial charge in [0.15, 0.2) is 0 Å². The molecule has 0 aromatic carbocycles. The lowest BCUT2D eigenvalue weighted by Crippen LogP contribution is -2.44. The molecule has 1 atom stereocenters. The topological polar surface area (TPSA) is 79.2 Å². The van der Waals surface area contributed by atoms with E-state index in [9.17, 15) is 0 Å². The second-order valence-electron chi connectivity index (χ2n) is 3.03. The Morgan fingerprint density at radius 2 is 1.77 bits per heavy atom. The first-order valence-electron chi connectivity index (χ1n) is 4.15. The van der Waals surface area contributed by atoms with E-state index in [2.05, 4.69) is 0 Å². The van der Waals surface area contributed by atoms with Crippen LogP contribution in [0.2, 0.25) is 0 Å². The van der Waals surface area contributed by atoms with Crippen molar-refractivity contribution >= 4 is 0 Å². The molecule has 0 bridgehead atoms. The Morgan fingerprint density at radius 1 is 1.23 bits per heavy atom. The molecule has 0 spiro atoms. The van der Waals surface area contributed by atoms with Crippen LogP contribution in [0.1, 0.15) is 6.92 Å². The van der Waals surface area contributed by atoms with Crippen molar-refractivity contribution in [3.05, 3.63) is 0 Å². The van der Waals surface area contributed by atoms with Crippen molar-refractivity contribution < 1.29 is 24.8 Å². The van der Waals surface area contributed by atoms with E-state index >= 15 is 0 Å². The molecule has 0 saturated heterocycles. The summed E-state index contributed by atoms with van der Waals surface area (Å²) in [6.07, 6.45) is 0.